The first-order valence-electron chi connectivity index (χ1n) is 6.44. The number of anilines is 1. The second-order valence-electron chi connectivity index (χ2n) is 4.84. The summed E-state index contributed by atoms with van der Waals surface area (Å²) < 4.78 is 13.1. The predicted molar refractivity (Wildman–Crippen MR) is 80.2 cm³/mol. The second-order valence-corrected chi connectivity index (χ2v) is 5.82. The molecule has 1 aliphatic heterocycles. The summed E-state index contributed by atoms with van der Waals surface area (Å²) in [7, 11) is 0. The highest BCUT2D eigenvalue weighted by Gasteiger charge is 2.42. The van der Waals surface area contributed by atoms with Crippen LogP contribution < -0.4 is 5.01 Å². The van der Waals surface area contributed by atoms with E-state index in [1.807, 2.05) is 17.5 Å². The number of rotatable bonds is 3. The van der Waals surface area contributed by atoms with Gasteiger partial charge in [-0.15, -0.1) is 11.3 Å². The first-order valence-corrected chi connectivity index (χ1v) is 7.32. The molecule has 108 valence electrons. The van der Waals surface area contributed by atoms with Gasteiger partial charge in [-0.25, -0.2) is 4.39 Å². The Bertz CT molecular complexity index is 682. The molecule has 1 N–H and O–H groups in total. The van der Waals surface area contributed by atoms with Crippen LogP contribution in [0.15, 0.2) is 46.9 Å². The molecular weight excluding hydrogens is 291 g/mol. The third kappa shape index (κ3) is 2.42. The first kappa shape index (κ1) is 13.8. The number of hydrazone groups is 1. The van der Waals surface area contributed by atoms with Gasteiger partial charge in [-0.05, 0) is 42.6 Å². The van der Waals surface area contributed by atoms with Gasteiger partial charge in [-0.3, -0.25) is 9.80 Å². The van der Waals surface area contributed by atoms with Crippen molar-refractivity contribution >= 4 is 28.7 Å². The van der Waals surface area contributed by atoms with Crippen LogP contribution in [0.25, 0.3) is 0 Å². The van der Waals surface area contributed by atoms with Gasteiger partial charge in [0.1, 0.15) is 17.8 Å². The predicted octanol–water partition coefficient (Wildman–Crippen LogP) is 3.53. The number of nitrogens with zero attached hydrogens (tertiary/aromatic N) is 2. The summed E-state index contributed by atoms with van der Waals surface area (Å²) in [5.74, 6) is -1.94. The quantitative estimate of drug-likeness (QED) is 0.944. The molecule has 21 heavy (non-hydrogen) atoms. The highest BCUT2D eigenvalue weighted by Crippen LogP contribution is 2.40. The van der Waals surface area contributed by atoms with Gasteiger partial charge in [-0.2, -0.15) is 5.10 Å². The maximum absolute atomic E-state index is 13.1. The monoisotopic (exact) mass is 304 g/mol. The highest BCUT2D eigenvalue weighted by molar-refractivity contribution is 7.10. The van der Waals surface area contributed by atoms with Crippen LogP contribution in [0.1, 0.15) is 17.8 Å². The summed E-state index contributed by atoms with van der Waals surface area (Å²) >= 11 is 1.49. The average Bonchev–Trinajstić information content (AvgIpc) is 3.06. The van der Waals surface area contributed by atoms with E-state index in [0.717, 1.165) is 4.88 Å². The van der Waals surface area contributed by atoms with Gasteiger partial charge in [0.15, 0.2) is 0 Å². The number of halogens is 1. The lowest BCUT2D eigenvalue weighted by atomic mass is 9.95. The lowest BCUT2D eigenvalue weighted by Crippen LogP contribution is -2.29. The van der Waals surface area contributed by atoms with Crippen molar-refractivity contribution in [2.24, 2.45) is 11.0 Å². The van der Waals surface area contributed by atoms with Gasteiger partial charge in [-0.1, -0.05) is 6.07 Å². The molecule has 0 saturated heterocycles. The van der Waals surface area contributed by atoms with Crippen LogP contribution in [0.3, 0.4) is 0 Å². The molecule has 2 heterocycles. The van der Waals surface area contributed by atoms with Crippen molar-refractivity contribution in [1.29, 1.82) is 0 Å². The maximum Gasteiger partial charge on any atom is 0.314 e. The number of thiophene rings is 1. The van der Waals surface area contributed by atoms with Crippen LogP contribution in [-0.4, -0.2) is 16.8 Å². The largest absolute Gasteiger partial charge is 0.481 e. The average molecular weight is 304 g/mol. The summed E-state index contributed by atoms with van der Waals surface area (Å²) in [6, 6.07) is 9.30. The number of carboxylic acid groups (broad SMARTS) is 1. The van der Waals surface area contributed by atoms with Gasteiger partial charge in [0.05, 0.1) is 11.4 Å². The molecule has 1 aliphatic rings. The minimum atomic E-state index is -0.903. The van der Waals surface area contributed by atoms with Crippen LogP contribution in [0.4, 0.5) is 10.1 Å². The van der Waals surface area contributed by atoms with E-state index in [1.54, 1.807) is 24.1 Å². The Morgan fingerprint density at radius 2 is 2.05 bits per heavy atom. The smallest absolute Gasteiger partial charge is 0.314 e. The van der Waals surface area contributed by atoms with Crippen molar-refractivity contribution in [3.63, 3.8) is 0 Å². The molecule has 0 fully saturated rings. The minimum Gasteiger partial charge on any atom is -0.481 e. The molecule has 0 amide bonds. The molecular formula is C15H13FN2O2S. The normalized spacial score (nSPS) is 21.4. The van der Waals surface area contributed by atoms with Gasteiger partial charge in [0.2, 0.25) is 0 Å². The Morgan fingerprint density at radius 1 is 1.33 bits per heavy atom. The Hall–Kier alpha value is -2.21. The number of carboxylic acids is 1. The van der Waals surface area contributed by atoms with Crippen molar-refractivity contribution in [2.75, 3.05) is 5.01 Å². The van der Waals surface area contributed by atoms with Crippen LogP contribution in [0.5, 0.6) is 0 Å². The Balaban J connectivity index is 2.05. The Kier molecular flexibility index (Phi) is 3.47. The van der Waals surface area contributed by atoms with E-state index in [9.17, 15) is 14.3 Å². The van der Waals surface area contributed by atoms with Gasteiger partial charge in [0, 0.05) is 4.88 Å². The van der Waals surface area contributed by atoms with E-state index in [4.69, 9.17) is 0 Å². The fourth-order valence-corrected chi connectivity index (χ4v) is 3.38. The van der Waals surface area contributed by atoms with Gasteiger partial charge < -0.3 is 5.11 Å². The van der Waals surface area contributed by atoms with Crippen molar-refractivity contribution in [2.45, 2.75) is 13.0 Å². The molecule has 0 bridgehead atoms. The third-order valence-corrected chi connectivity index (χ3v) is 4.43. The maximum atomic E-state index is 13.1. The molecule has 1 aromatic heterocycles. The minimum absolute atomic E-state index is 0.332. The zero-order valence-corrected chi connectivity index (χ0v) is 12.0. The molecule has 0 spiro atoms. The molecule has 2 aromatic rings. The first-order chi connectivity index (χ1) is 10.1. The van der Waals surface area contributed by atoms with Crippen LogP contribution in [-0.2, 0) is 4.79 Å². The molecule has 0 radical (unpaired) electrons. The van der Waals surface area contributed by atoms with Gasteiger partial charge in [0.25, 0.3) is 0 Å². The molecule has 1 aromatic carbocycles. The summed E-state index contributed by atoms with van der Waals surface area (Å²) in [5, 5.41) is 17.5. The lowest BCUT2D eigenvalue weighted by molar-refractivity contribution is -0.139. The number of aliphatic carboxylic acids is 1. The van der Waals surface area contributed by atoms with E-state index in [2.05, 4.69) is 5.10 Å². The zero-order chi connectivity index (χ0) is 15.0. The molecule has 6 heteroatoms. The van der Waals surface area contributed by atoms with E-state index >= 15 is 0 Å². The third-order valence-electron chi connectivity index (χ3n) is 3.49. The van der Waals surface area contributed by atoms with Crippen molar-refractivity contribution in [3.05, 3.63) is 52.5 Å². The fraction of sp³-hybridized carbons (Fsp3) is 0.200. The zero-order valence-electron chi connectivity index (χ0n) is 11.2. The molecule has 2 atom stereocenters. The van der Waals surface area contributed by atoms with Crippen LogP contribution in [0.2, 0.25) is 0 Å². The van der Waals surface area contributed by atoms with E-state index < -0.39 is 17.9 Å². The second kappa shape index (κ2) is 5.29. The topological polar surface area (TPSA) is 52.9 Å². The molecule has 2 unspecified atom stereocenters. The van der Waals surface area contributed by atoms with Crippen molar-refractivity contribution in [1.82, 2.24) is 0 Å². The Labute approximate surface area is 125 Å². The number of hydrogen-bond acceptors (Lipinski definition) is 4. The summed E-state index contributed by atoms with van der Waals surface area (Å²) in [6.07, 6.45) is 0. The fourth-order valence-electron chi connectivity index (χ4n) is 2.53. The molecule has 4 nitrogen and oxygen atoms in total. The van der Waals surface area contributed by atoms with E-state index in [1.165, 1.54) is 23.5 Å². The summed E-state index contributed by atoms with van der Waals surface area (Å²) in [4.78, 5) is 12.5. The molecule has 0 saturated carbocycles. The van der Waals surface area contributed by atoms with Crippen molar-refractivity contribution in [3.8, 4) is 0 Å². The summed E-state index contributed by atoms with van der Waals surface area (Å²) in [5.41, 5.74) is 1.23. The van der Waals surface area contributed by atoms with Crippen LogP contribution in [0, 0.1) is 11.7 Å². The molecule has 3 rings (SSSR count). The standard InChI is InChI=1S/C15H13FN2O2S/c1-9-13(15(19)20)14(12-3-2-8-21-12)18(17-9)11-6-4-10(16)5-7-11/h2-8,13-14H,1H3,(H,19,20). The molecule has 0 aliphatic carbocycles. The van der Waals surface area contributed by atoms with Gasteiger partial charge >= 0.3 is 5.97 Å². The highest BCUT2D eigenvalue weighted by atomic mass is 32.1. The number of benzene rings is 1. The lowest BCUT2D eigenvalue weighted by Gasteiger charge is -2.25. The Morgan fingerprint density at radius 3 is 2.62 bits per heavy atom. The van der Waals surface area contributed by atoms with E-state index in [-0.39, 0.29) is 5.82 Å². The SMILES string of the molecule is CC1=NN(c2ccc(F)cc2)C(c2cccs2)C1C(=O)O. The summed E-state index contributed by atoms with van der Waals surface area (Å²) in [6.45, 7) is 1.71. The van der Waals surface area contributed by atoms with Crippen LogP contribution >= 0.6 is 11.3 Å². The van der Waals surface area contributed by atoms with Crippen molar-refractivity contribution < 1.29 is 14.3 Å². The number of hydrogen-bond donors (Lipinski definition) is 1. The number of carbonyl (C=O) groups is 1. The van der Waals surface area contributed by atoms with E-state index in [0.29, 0.717) is 11.4 Å².